The highest BCUT2D eigenvalue weighted by Crippen LogP contribution is 2.57. The monoisotopic (exact) mass is 272 g/mol. The first kappa shape index (κ1) is 13.7. The van der Waals surface area contributed by atoms with Gasteiger partial charge < -0.3 is 5.11 Å². The van der Waals surface area contributed by atoms with Gasteiger partial charge in [0.2, 0.25) is 0 Å². The van der Waals surface area contributed by atoms with Gasteiger partial charge >= 0.3 is 0 Å². The minimum atomic E-state index is 0.0240. The minimum absolute atomic E-state index is 0.0240. The van der Waals surface area contributed by atoms with Crippen LogP contribution in [0.1, 0.15) is 67.9 Å². The zero-order valence-corrected chi connectivity index (χ0v) is 12.9. The van der Waals surface area contributed by atoms with Crippen molar-refractivity contribution >= 4 is 5.78 Å². The summed E-state index contributed by atoms with van der Waals surface area (Å²) in [7, 11) is 0. The van der Waals surface area contributed by atoms with Crippen LogP contribution >= 0.6 is 0 Å². The number of aryl methyl sites for hydroxylation is 1. The molecule has 108 valence electrons. The molecule has 2 aliphatic rings. The molecule has 1 saturated carbocycles. The lowest BCUT2D eigenvalue weighted by atomic mass is 9.50. The fraction of sp³-hybridized carbons (Fsp3) is 0.611. The van der Waals surface area contributed by atoms with Crippen molar-refractivity contribution in [2.45, 2.75) is 58.8 Å². The lowest BCUT2D eigenvalue weighted by molar-refractivity contribution is 0.0367. The summed E-state index contributed by atoms with van der Waals surface area (Å²) in [5.41, 5.74) is 2.94. The van der Waals surface area contributed by atoms with E-state index in [0.29, 0.717) is 18.1 Å². The van der Waals surface area contributed by atoms with Gasteiger partial charge in [0.25, 0.3) is 0 Å². The Kier molecular flexibility index (Phi) is 2.80. The average Bonchev–Trinajstić information content (AvgIpc) is 2.35. The van der Waals surface area contributed by atoms with Gasteiger partial charge in [-0.1, -0.05) is 27.2 Å². The van der Waals surface area contributed by atoms with E-state index in [-0.39, 0.29) is 16.6 Å². The molecule has 0 unspecified atom stereocenters. The Labute approximate surface area is 121 Å². The van der Waals surface area contributed by atoms with Gasteiger partial charge in [-0.15, -0.1) is 0 Å². The molecule has 1 aromatic carbocycles. The Morgan fingerprint density at radius 1 is 1.20 bits per heavy atom. The third-order valence-electron chi connectivity index (χ3n) is 5.87. The normalized spacial score (nSPS) is 31.6. The van der Waals surface area contributed by atoms with Crippen LogP contribution in [0.3, 0.4) is 0 Å². The largest absolute Gasteiger partial charge is 0.508 e. The van der Waals surface area contributed by atoms with Crippen molar-refractivity contribution in [1.29, 1.82) is 0 Å². The van der Waals surface area contributed by atoms with Crippen LogP contribution in [0.4, 0.5) is 0 Å². The Morgan fingerprint density at radius 3 is 2.60 bits per heavy atom. The van der Waals surface area contributed by atoms with Crippen molar-refractivity contribution in [3.63, 3.8) is 0 Å². The van der Waals surface area contributed by atoms with Gasteiger partial charge in [-0.25, -0.2) is 0 Å². The Balaban J connectivity index is 2.22. The Bertz CT molecular complexity index is 585. The number of hydrogen-bond acceptors (Lipinski definition) is 2. The van der Waals surface area contributed by atoms with Crippen molar-refractivity contribution in [3.05, 3.63) is 28.8 Å². The number of rotatable bonds is 0. The molecule has 0 aliphatic heterocycles. The summed E-state index contributed by atoms with van der Waals surface area (Å²) in [4.78, 5) is 12.6. The quantitative estimate of drug-likeness (QED) is 0.761. The molecule has 3 rings (SSSR count). The number of phenolic OH excluding ortho intramolecular Hbond substituents is 1. The molecule has 0 radical (unpaired) electrons. The maximum atomic E-state index is 12.6. The van der Waals surface area contributed by atoms with Crippen LogP contribution in [-0.2, 0) is 5.41 Å². The van der Waals surface area contributed by atoms with Gasteiger partial charge in [-0.2, -0.15) is 0 Å². The van der Waals surface area contributed by atoms with Crippen molar-refractivity contribution < 1.29 is 9.90 Å². The fourth-order valence-electron chi connectivity index (χ4n) is 4.64. The van der Waals surface area contributed by atoms with E-state index in [1.165, 1.54) is 12.8 Å². The van der Waals surface area contributed by atoms with Crippen LogP contribution in [-0.4, -0.2) is 10.9 Å². The predicted octanol–water partition coefficient (Wildman–Crippen LogP) is 4.37. The highest BCUT2D eigenvalue weighted by atomic mass is 16.3. The minimum Gasteiger partial charge on any atom is -0.508 e. The number of ketones is 1. The summed E-state index contributed by atoms with van der Waals surface area (Å²) in [5, 5.41) is 10.1. The Hall–Kier alpha value is -1.31. The summed E-state index contributed by atoms with van der Waals surface area (Å²) < 4.78 is 0. The van der Waals surface area contributed by atoms with Crippen molar-refractivity contribution in [2.24, 2.45) is 11.3 Å². The highest BCUT2D eigenvalue weighted by molar-refractivity contribution is 6.00. The predicted molar refractivity (Wildman–Crippen MR) is 80.3 cm³/mol. The summed E-state index contributed by atoms with van der Waals surface area (Å²) in [6.07, 6.45) is 4.15. The van der Waals surface area contributed by atoms with Crippen LogP contribution in [0.15, 0.2) is 12.1 Å². The van der Waals surface area contributed by atoms with Gasteiger partial charge in [0.05, 0.1) is 0 Å². The smallest absolute Gasteiger partial charge is 0.163 e. The molecule has 0 spiro atoms. The van der Waals surface area contributed by atoms with Crippen LogP contribution in [0.5, 0.6) is 5.75 Å². The van der Waals surface area contributed by atoms with E-state index in [2.05, 4.69) is 20.8 Å². The Morgan fingerprint density at radius 2 is 1.90 bits per heavy atom. The molecule has 2 heteroatoms. The molecule has 2 atom stereocenters. The molecular weight excluding hydrogens is 248 g/mol. The van der Waals surface area contributed by atoms with Crippen molar-refractivity contribution in [2.75, 3.05) is 0 Å². The summed E-state index contributed by atoms with van der Waals surface area (Å²) in [6, 6.07) is 3.74. The lowest BCUT2D eigenvalue weighted by Crippen LogP contribution is -2.49. The molecule has 0 bridgehead atoms. The van der Waals surface area contributed by atoms with Crippen molar-refractivity contribution in [3.8, 4) is 5.75 Å². The van der Waals surface area contributed by atoms with Crippen LogP contribution in [0.25, 0.3) is 0 Å². The number of carbonyl (C=O) groups is 1. The van der Waals surface area contributed by atoms with Gasteiger partial charge in [0.15, 0.2) is 5.78 Å². The lowest BCUT2D eigenvalue weighted by Gasteiger charge is -2.53. The number of benzene rings is 1. The molecule has 2 aliphatic carbocycles. The second kappa shape index (κ2) is 4.09. The number of aromatic hydroxyl groups is 1. The van der Waals surface area contributed by atoms with E-state index in [4.69, 9.17) is 0 Å². The average molecular weight is 272 g/mol. The number of carbonyl (C=O) groups excluding carboxylic acids is 1. The molecule has 0 saturated heterocycles. The molecule has 1 fully saturated rings. The summed E-state index contributed by atoms with van der Waals surface area (Å²) >= 11 is 0. The highest BCUT2D eigenvalue weighted by Gasteiger charge is 2.51. The molecule has 0 amide bonds. The van der Waals surface area contributed by atoms with E-state index in [9.17, 15) is 9.90 Å². The SMILES string of the molecule is Cc1cc2c(cc1O)[C@@]1(C)CCCC(C)(C)[C@@H]1CC2=O. The second-order valence-corrected chi connectivity index (χ2v) is 7.62. The van der Waals surface area contributed by atoms with E-state index < -0.39 is 0 Å². The molecule has 1 N–H and O–H groups in total. The van der Waals surface area contributed by atoms with E-state index in [0.717, 1.165) is 23.1 Å². The van der Waals surface area contributed by atoms with Gasteiger partial charge in [-0.05, 0) is 59.8 Å². The second-order valence-electron chi connectivity index (χ2n) is 7.62. The molecule has 0 aromatic heterocycles. The van der Waals surface area contributed by atoms with E-state index in [1.54, 1.807) is 0 Å². The molecule has 20 heavy (non-hydrogen) atoms. The third kappa shape index (κ3) is 1.73. The summed E-state index contributed by atoms with van der Waals surface area (Å²) in [6.45, 7) is 8.74. The number of Topliss-reactive ketones (excluding diaryl/α,β-unsaturated/α-hetero) is 1. The fourth-order valence-corrected chi connectivity index (χ4v) is 4.64. The molecule has 1 aromatic rings. The maximum absolute atomic E-state index is 12.6. The summed E-state index contributed by atoms with van der Waals surface area (Å²) in [5.74, 6) is 0.952. The van der Waals surface area contributed by atoms with Crippen molar-refractivity contribution in [1.82, 2.24) is 0 Å². The van der Waals surface area contributed by atoms with Gasteiger partial charge in [0, 0.05) is 12.0 Å². The van der Waals surface area contributed by atoms with Crippen LogP contribution < -0.4 is 0 Å². The topological polar surface area (TPSA) is 37.3 Å². The van der Waals surface area contributed by atoms with Crippen LogP contribution in [0, 0.1) is 18.3 Å². The van der Waals surface area contributed by atoms with E-state index >= 15 is 0 Å². The van der Waals surface area contributed by atoms with Gasteiger partial charge in [0.1, 0.15) is 5.75 Å². The first-order valence-electron chi connectivity index (χ1n) is 7.63. The van der Waals surface area contributed by atoms with Gasteiger partial charge in [-0.3, -0.25) is 4.79 Å². The zero-order chi connectivity index (χ0) is 14.7. The first-order valence-corrected chi connectivity index (χ1v) is 7.63. The first-order chi connectivity index (χ1) is 9.25. The molecule has 0 heterocycles. The maximum Gasteiger partial charge on any atom is 0.163 e. The zero-order valence-electron chi connectivity index (χ0n) is 12.9. The van der Waals surface area contributed by atoms with E-state index in [1.807, 2.05) is 19.1 Å². The van der Waals surface area contributed by atoms with Crippen LogP contribution in [0.2, 0.25) is 0 Å². The standard InChI is InChI=1S/C18H24O2/c1-11-8-12-13(9-14(11)19)18(4)7-5-6-17(2,3)16(18)10-15(12)20/h8-9,16,19H,5-7,10H2,1-4H3/t16-,18+/m0/s1. The molecule has 2 nitrogen and oxygen atoms in total. The number of phenols is 1. The number of hydrogen-bond donors (Lipinski definition) is 1. The number of fused-ring (bicyclic) bond motifs is 3. The molecular formula is C18H24O2. The third-order valence-corrected chi connectivity index (χ3v) is 5.87.